The fourth-order valence-electron chi connectivity index (χ4n) is 1.79. The monoisotopic (exact) mass is 315 g/mol. The van der Waals surface area contributed by atoms with Crippen LogP contribution >= 0.6 is 0 Å². The molecule has 0 bridgehead atoms. The van der Waals surface area contributed by atoms with E-state index in [1.165, 1.54) is 6.07 Å². The van der Waals surface area contributed by atoms with Crippen LogP contribution in [0.4, 0.5) is 5.69 Å². The molecule has 3 N–H and O–H groups in total. The summed E-state index contributed by atoms with van der Waals surface area (Å²) >= 11 is 0. The minimum Gasteiger partial charge on any atom is -0.399 e. The Balaban J connectivity index is 2.56. The maximum absolute atomic E-state index is 12.3. The van der Waals surface area contributed by atoms with Crippen molar-refractivity contribution >= 4 is 15.7 Å². The lowest BCUT2D eigenvalue weighted by atomic mass is 10.1. The van der Waals surface area contributed by atoms with Crippen molar-refractivity contribution < 1.29 is 13.2 Å². The highest BCUT2D eigenvalue weighted by molar-refractivity contribution is 7.89. The summed E-state index contributed by atoms with van der Waals surface area (Å²) in [4.78, 5) is 2.25. The molecule has 0 spiro atoms. The Bertz CT molecular complexity index is 544. The second-order valence-electron chi connectivity index (χ2n) is 5.03. The van der Waals surface area contributed by atoms with Crippen molar-refractivity contribution in [2.75, 3.05) is 46.1 Å². The second-order valence-corrected chi connectivity index (χ2v) is 6.77. The molecule has 0 saturated carbocycles. The van der Waals surface area contributed by atoms with Crippen molar-refractivity contribution in [2.24, 2.45) is 0 Å². The Morgan fingerprint density at radius 3 is 2.62 bits per heavy atom. The van der Waals surface area contributed by atoms with E-state index in [9.17, 15) is 8.42 Å². The number of likely N-dealkylation sites (N-methyl/N-ethyl adjacent to an activating group) is 1. The summed E-state index contributed by atoms with van der Waals surface area (Å²) in [6.45, 7) is 3.88. The molecule has 1 aromatic rings. The SMILES string of the molecule is CCc1ccc(N)cc1S(=O)(=O)NCCOCCN(C)C. The predicted octanol–water partition coefficient (Wildman–Crippen LogP) is 0.688. The number of sulfonamides is 1. The van der Waals surface area contributed by atoms with E-state index in [1.807, 2.05) is 25.9 Å². The van der Waals surface area contributed by atoms with Gasteiger partial charge in [-0.2, -0.15) is 0 Å². The largest absolute Gasteiger partial charge is 0.399 e. The maximum Gasteiger partial charge on any atom is 0.240 e. The number of benzene rings is 1. The molecule has 0 saturated heterocycles. The van der Waals surface area contributed by atoms with Crippen LogP contribution in [0.2, 0.25) is 0 Å². The van der Waals surface area contributed by atoms with Crippen LogP contribution in [-0.2, 0) is 21.2 Å². The van der Waals surface area contributed by atoms with E-state index in [0.717, 1.165) is 12.1 Å². The Labute approximate surface area is 127 Å². The minimum absolute atomic E-state index is 0.244. The fraction of sp³-hybridized carbons (Fsp3) is 0.571. The molecule has 0 amide bonds. The molecule has 120 valence electrons. The molecule has 1 aromatic carbocycles. The summed E-state index contributed by atoms with van der Waals surface area (Å²) in [7, 11) is 0.364. The normalized spacial score (nSPS) is 12.0. The lowest BCUT2D eigenvalue weighted by Crippen LogP contribution is -2.29. The van der Waals surface area contributed by atoms with Gasteiger partial charge >= 0.3 is 0 Å². The quantitative estimate of drug-likeness (QED) is 0.517. The zero-order valence-corrected chi connectivity index (χ0v) is 13.7. The first-order valence-corrected chi connectivity index (χ1v) is 8.45. The fourth-order valence-corrected chi connectivity index (χ4v) is 3.14. The van der Waals surface area contributed by atoms with Crippen LogP contribution < -0.4 is 10.5 Å². The van der Waals surface area contributed by atoms with Crippen molar-refractivity contribution in [3.05, 3.63) is 23.8 Å². The zero-order chi connectivity index (χ0) is 15.9. The highest BCUT2D eigenvalue weighted by atomic mass is 32.2. The van der Waals surface area contributed by atoms with Gasteiger partial charge in [0.15, 0.2) is 0 Å². The Morgan fingerprint density at radius 2 is 2.00 bits per heavy atom. The molecule has 0 fully saturated rings. The summed E-state index contributed by atoms with van der Waals surface area (Å²) < 4.78 is 32.5. The van der Waals surface area contributed by atoms with E-state index in [0.29, 0.717) is 25.3 Å². The number of aryl methyl sites for hydroxylation is 1. The Morgan fingerprint density at radius 1 is 1.29 bits per heavy atom. The average Bonchev–Trinajstić information content (AvgIpc) is 2.42. The van der Waals surface area contributed by atoms with Crippen molar-refractivity contribution in [1.29, 1.82) is 0 Å². The van der Waals surface area contributed by atoms with Gasteiger partial charge in [0, 0.05) is 18.8 Å². The molecule has 0 heterocycles. The van der Waals surface area contributed by atoms with Crippen LogP contribution in [0.15, 0.2) is 23.1 Å². The first-order valence-electron chi connectivity index (χ1n) is 6.97. The lowest BCUT2D eigenvalue weighted by molar-refractivity contribution is 0.122. The summed E-state index contributed by atoms with van der Waals surface area (Å²) in [5.41, 5.74) is 6.87. The van der Waals surface area contributed by atoms with E-state index < -0.39 is 10.0 Å². The lowest BCUT2D eigenvalue weighted by Gasteiger charge is -2.12. The summed E-state index contributed by atoms with van der Waals surface area (Å²) in [6, 6.07) is 4.95. The number of nitrogens with zero attached hydrogens (tertiary/aromatic N) is 1. The highest BCUT2D eigenvalue weighted by Crippen LogP contribution is 2.19. The van der Waals surface area contributed by atoms with Crippen molar-refractivity contribution in [3.63, 3.8) is 0 Å². The minimum atomic E-state index is -3.55. The van der Waals surface area contributed by atoms with Gasteiger partial charge in [-0.25, -0.2) is 13.1 Å². The Hall–Kier alpha value is -1.15. The smallest absolute Gasteiger partial charge is 0.240 e. The van der Waals surface area contributed by atoms with Crippen LogP contribution in [0.3, 0.4) is 0 Å². The first-order chi connectivity index (χ1) is 9.86. The van der Waals surface area contributed by atoms with Crippen molar-refractivity contribution in [1.82, 2.24) is 9.62 Å². The summed E-state index contributed by atoms with van der Waals surface area (Å²) in [5.74, 6) is 0. The molecule has 0 aliphatic heterocycles. The molecule has 21 heavy (non-hydrogen) atoms. The maximum atomic E-state index is 12.3. The highest BCUT2D eigenvalue weighted by Gasteiger charge is 2.17. The molecule has 0 aliphatic carbocycles. The number of nitrogens with one attached hydrogen (secondary N) is 1. The molecule has 7 heteroatoms. The van der Waals surface area contributed by atoms with Crippen LogP contribution in [0, 0.1) is 0 Å². The molecule has 0 aromatic heterocycles. The summed E-state index contributed by atoms with van der Waals surface area (Å²) in [6.07, 6.45) is 0.635. The van der Waals surface area contributed by atoms with Crippen LogP contribution in [0.25, 0.3) is 0 Å². The van der Waals surface area contributed by atoms with Gasteiger partial charge in [0.1, 0.15) is 0 Å². The molecule has 0 radical (unpaired) electrons. The van der Waals surface area contributed by atoms with E-state index in [2.05, 4.69) is 4.72 Å². The van der Waals surface area contributed by atoms with Crippen molar-refractivity contribution in [2.45, 2.75) is 18.2 Å². The third-order valence-corrected chi connectivity index (χ3v) is 4.53. The second kappa shape index (κ2) is 8.33. The molecule has 0 atom stereocenters. The van der Waals surface area contributed by atoms with Gasteiger partial charge < -0.3 is 15.4 Å². The number of ether oxygens (including phenoxy) is 1. The van der Waals surface area contributed by atoms with E-state index >= 15 is 0 Å². The van der Waals surface area contributed by atoms with E-state index in [1.54, 1.807) is 12.1 Å². The van der Waals surface area contributed by atoms with Gasteiger partial charge in [0.05, 0.1) is 18.1 Å². The predicted molar refractivity (Wildman–Crippen MR) is 84.8 cm³/mol. The molecule has 6 nitrogen and oxygen atoms in total. The van der Waals surface area contributed by atoms with Gasteiger partial charge in [-0.3, -0.25) is 0 Å². The molecular weight excluding hydrogens is 290 g/mol. The number of hydrogen-bond donors (Lipinski definition) is 2. The number of rotatable bonds is 9. The topological polar surface area (TPSA) is 84.7 Å². The average molecular weight is 315 g/mol. The molecule has 0 aliphatic rings. The zero-order valence-electron chi connectivity index (χ0n) is 12.9. The third-order valence-electron chi connectivity index (χ3n) is 2.98. The van der Waals surface area contributed by atoms with Gasteiger partial charge in [0.25, 0.3) is 0 Å². The van der Waals surface area contributed by atoms with Crippen LogP contribution in [0.1, 0.15) is 12.5 Å². The number of nitrogen functional groups attached to an aromatic ring is 1. The molecule has 0 unspecified atom stereocenters. The van der Waals surface area contributed by atoms with Crippen LogP contribution in [0.5, 0.6) is 0 Å². The van der Waals surface area contributed by atoms with Gasteiger partial charge in [-0.15, -0.1) is 0 Å². The van der Waals surface area contributed by atoms with Gasteiger partial charge in [0.2, 0.25) is 10.0 Å². The van der Waals surface area contributed by atoms with E-state index in [-0.39, 0.29) is 11.4 Å². The van der Waals surface area contributed by atoms with Crippen molar-refractivity contribution in [3.8, 4) is 0 Å². The number of anilines is 1. The number of nitrogens with two attached hydrogens (primary N) is 1. The number of hydrogen-bond acceptors (Lipinski definition) is 5. The van der Waals surface area contributed by atoms with Gasteiger partial charge in [-0.1, -0.05) is 13.0 Å². The van der Waals surface area contributed by atoms with Crippen LogP contribution in [-0.4, -0.2) is 53.7 Å². The molecule has 1 rings (SSSR count). The third kappa shape index (κ3) is 6.01. The standard InChI is InChI=1S/C14H25N3O3S/c1-4-12-5-6-13(15)11-14(12)21(18,19)16-7-9-20-10-8-17(2)3/h5-6,11,16H,4,7-10,15H2,1-3H3. The molecular formula is C14H25N3O3S. The van der Waals surface area contributed by atoms with Gasteiger partial charge in [-0.05, 0) is 38.2 Å². The van der Waals surface area contributed by atoms with E-state index in [4.69, 9.17) is 10.5 Å². The summed E-state index contributed by atoms with van der Waals surface area (Å²) in [5, 5.41) is 0. The first kappa shape index (κ1) is 17.9. The Kier molecular flexibility index (Phi) is 7.10.